The number of anilines is 4. The van der Waals surface area contributed by atoms with E-state index in [1.54, 1.807) is 27.1 Å². The molecule has 10 nitrogen and oxygen atoms in total. The molecule has 3 aromatic rings. The standard InChI is InChI=1S/C26H34ClN7O3S/c1-16(2)38(35,36)25-22(15-34(4)32-25)29-24-20(27)14-28-26(31-24)30-21-8-5-18(13-23(21)37-19-6-7-19)17-9-11-33(3)12-10-17/h5,8,13-17,19H,6-7,9-12H2,1-4H3,(H2,28,29,30,31). The van der Waals surface area contributed by atoms with E-state index in [2.05, 4.69) is 49.8 Å². The molecule has 2 N–H and O–H groups in total. The number of benzene rings is 1. The minimum atomic E-state index is -3.62. The van der Waals surface area contributed by atoms with E-state index in [1.807, 2.05) is 6.07 Å². The summed E-state index contributed by atoms with van der Waals surface area (Å²) in [5.74, 6) is 1.88. The summed E-state index contributed by atoms with van der Waals surface area (Å²) in [6.45, 7) is 5.42. The minimum absolute atomic E-state index is 0.0520. The van der Waals surface area contributed by atoms with Crippen LogP contribution in [0.4, 0.5) is 23.1 Å². The van der Waals surface area contributed by atoms with Gasteiger partial charge < -0.3 is 20.3 Å². The number of halogens is 1. The maximum atomic E-state index is 12.8. The van der Waals surface area contributed by atoms with Gasteiger partial charge in [0, 0.05) is 13.2 Å². The Bertz CT molecular complexity index is 1410. The van der Waals surface area contributed by atoms with Crippen LogP contribution >= 0.6 is 11.6 Å². The maximum Gasteiger partial charge on any atom is 0.229 e. The fourth-order valence-corrected chi connectivity index (χ4v) is 5.69. The van der Waals surface area contributed by atoms with Gasteiger partial charge in [0.25, 0.3) is 0 Å². The van der Waals surface area contributed by atoms with Crippen LogP contribution in [0.3, 0.4) is 0 Å². The average Bonchev–Trinajstić information content (AvgIpc) is 3.61. The summed E-state index contributed by atoms with van der Waals surface area (Å²) in [4.78, 5) is 11.2. The zero-order valence-electron chi connectivity index (χ0n) is 22.1. The molecule has 5 rings (SSSR count). The van der Waals surface area contributed by atoms with Crippen LogP contribution in [0.2, 0.25) is 5.02 Å². The van der Waals surface area contributed by atoms with E-state index in [0.29, 0.717) is 17.6 Å². The number of hydrogen-bond acceptors (Lipinski definition) is 9. The molecule has 0 bridgehead atoms. The van der Waals surface area contributed by atoms with E-state index in [1.165, 1.54) is 16.4 Å². The molecule has 0 atom stereocenters. The van der Waals surface area contributed by atoms with E-state index in [4.69, 9.17) is 16.3 Å². The Balaban J connectivity index is 1.40. The molecule has 1 saturated heterocycles. The third-order valence-electron chi connectivity index (χ3n) is 6.94. The zero-order valence-corrected chi connectivity index (χ0v) is 23.7. The first-order valence-electron chi connectivity index (χ1n) is 12.9. The van der Waals surface area contributed by atoms with E-state index in [0.717, 1.165) is 50.2 Å². The van der Waals surface area contributed by atoms with Crippen molar-refractivity contribution in [3.63, 3.8) is 0 Å². The number of aryl methyl sites for hydroxylation is 1. The molecule has 204 valence electrons. The van der Waals surface area contributed by atoms with Crippen molar-refractivity contribution in [2.24, 2.45) is 7.05 Å². The van der Waals surface area contributed by atoms with Crippen molar-refractivity contribution in [2.75, 3.05) is 30.8 Å². The van der Waals surface area contributed by atoms with Crippen LogP contribution in [-0.4, -0.2) is 64.6 Å². The average molecular weight is 560 g/mol. The predicted octanol–water partition coefficient (Wildman–Crippen LogP) is 4.88. The number of aromatic nitrogens is 4. The highest BCUT2D eigenvalue weighted by molar-refractivity contribution is 7.92. The summed E-state index contributed by atoms with van der Waals surface area (Å²) >= 11 is 6.39. The maximum absolute atomic E-state index is 12.8. The van der Waals surface area contributed by atoms with Gasteiger partial charge in [-0.3, -0.25) is 4.68 Å². The summed E-state index contributed by atoms with van der Waals surface area (Å²) in [6.07, 6.45) is 7.66. The van der Waals surface area contributed by atoms with Gasteiger partial charge in [0.15, 0.2) is 5.82 Å². The molecule has 0 radical (unpaired) electrons. The Labute approximate surface area is 228 Å². The van der Waals surface area contributed by atoms with Crippen molar-refractivity contribution in [3.8, 4) is 5.75 Å². The third-order valence-corrected chi connectivity index (χ3v) is 9.30. The van der Waals surface area contributed by atoms with Crippen molar-refractivity contribution in [3.05, 3.63) is 41.2 Å². The second-order valence-corrected chi connectivity index (χ2v) is 13.2. The smallest absolute Gasteiger partial charge is 0.229 e. The molecular weight excluding hydrogens is 526 g/mol. The number of rotatable bonds is 9. The van der Waals surface area contributed by atoms with Crippen molar-refractivity contribution < 1.29 is 13.2 Å². The summed E-state index contributed by atoms with van der Waals surface area (Å²) in [6, 6.07) is 6.31. The van der Waals surface area contributed by atoms with Gasteiger partial charge in [0.2, 0.25) is 20.8 Å². The highest BCUT2D eigenvalue weighted by Gasteiger charge is 2.28. The quantitative estimate of drug-likeness (QED) is 0.378. The fourth-order valence-electron chi connectivity index (χ4n) is 4.45. The lowest BCUT2D eigenvalue weighted by molar-refractivity contribution is 0.254. The fraction of sp³-hybridized carbons (Fsp3) is 0.500. The number of nitrogens with zero attached hydrogens (tertiary/aromatic N) is 5. The minimum Gasteiger partial charge on any atom is -0.488 e. The molecule has 0 spiro atoms. The second-order valence-electron chi connectivity index (χ2n) is 10.4. The van der Waals surface area contributed by atoms with Gasteiger partial charge in [-0.25, -0.2) is 13.4 Å². The Morgan fingerprint density at radius 1 is 1.08 bits per heavy atom. The van der Waals surface area contributed by atoms with Crippen LogP contribution in [0.1, 0.15) is 51.0 Å². The van der Waals surface area contributed by atoms with E-state index < -0.39 is 15.1 Å². The van der Waals surface area contributed by atoms with Crippen LogP contribution in [0, 0.1) is 0 Å². The van der Waals surface area contributed by atoms with Crippen LogP contribution in [0.25, 0.3) is 0 Å². The Morgan fingerprint density at radius 3 is 2.50 bits per heavy atom. The molecule has 1 aromatic carbocycles. The SMILES string of the molecule is CC(C)S(=O)(=O)c1nn(C)cc1Nc1nc(Nc2ccc(C3CCN(C)CC3)cc2OC2CC2)ncc1Cl. The zero-order chi connectivity index (χ0) is 27.0. The second kappa shape index (κ2) is 10.7. The molecule has 2 fully saturated rings. The van der Waals surface area contributed by atoms with E-state index in [-0.39, 0.29) is 22.0 Å². The highest BCUT2D eigenvalue weighted by atomic mass is 35.5. The molecule has 2 aromatic heterocycles. The molecule has 3 heterocycles. The monoisotopic (exact) mass is 559 g/mol. The largest absolute Gasteiger partial charge is 0.488 e. The lowest BCUT2D eigenvalue weighted by Gasteiger charge is -2.29. The molecule has 0 unspecified atom stereocenters. The molecule has 2 aliphatic rings. The Morgan fingerprint density at radius 2 is 1.82 bits per heavy atom. The Hall–Kier alpha value is -2.89. The molecule has 38 heavy (non-hydrogen) atoms. The number of piperidine rings is 1. The van der Waals surface area contributed by atoms with Gasteiger partial charge in [-0.1, -0.05) is 17.7 Å². The predicted molar refractivity (Wildman–Crippen MR) is 149 cm³/mol. The van der Waals surface area contributed by atoms with Gasteiger partial charge in [0.05, 0.1) is 28.9 Å². The summed E-state index contributed by atoms with van der Waals surface area (Å²) in [5, 5.41) is 10.0. The summed E-state index contributed by atoms with van der Waals surface area (Å²) in [7, 11) is 0.206. The van der Waals surface area contributed by atoms with Crippen molar-refractivity contribution in [1.29, 1.82) is 0 Å². The molecule has 0 amide bonds. The summed E-state index contributed by atoms with van der Waals surface area (Å²) < 4.78 is 33.4. The van der Waals surface area contributed by atoms with Crippen LogP contribution < -0.4 is 15.4 Å². The summed E-state index contributed by atoms with van der Waals surface area (Å²) in [5.41, 5.74) is 2.36. The molecule has 1 saturated carbocycles. The normalized spacial score (nSPS) is 17.1. The van der Waals surface area contributed by atoms with Gasteiger partial charge in [-0.05, 0) is 83.3 Å². The van der Waals surface area contributed by atoms with Gasteiger partial charge >= 0.3 is 0 Å². The van der Waals surface area contributed by atoms with Gasteiger partial charge in [-0.15, -0.1) is 0 Å². The Kier molecular flexibility index (Phi) is 7.52. The first kappa shape index (κ1) is 26.7. The van der Waals surface area contributed by atoms with Crippen molar-refractivity contribution in [1.82, 2.24) is 24.6 Å². The number of ether oxygens (including phenoxy) is 1. The molecule has 1 aliphatic heterocycles. The van der Waals surface area contributed by atoms with Crippen LogP contribution in [-0.2, 0) is 16.9 Å². The van der Waals surface area contributed by atoms with Crippen molar-refractivity contribution >= 4 is 44.6 Å². The number of hydrogen-bond donors (Lipinski definition) is 2. The van der Waals surface area contributed by atoms with Crippen molar-refractivity contribution in [2.45, 2.75) is 61.8 Å². The third kappa shape index (κ3) is 5.89. The highest BCUT2D eigenvalue weighted by Crippen LogP contribution is 2.38. The molecule has 12 heteroatoms. The van der Waals surface area contributed by atoms with E-state index in [9.17, 15) is 8.42 Å². The lowest BCUT2D eigenvalue weighted by Crippen LogP contribution is -2.29. The van der Waals surface area contributed by atoms with E-state index >= 15 is 0 Å². The lowest BCUT2D eigenvalue weighted by atomic mass is 9.89. The molecular formula is C26H34ClN7O3S. The van der Waals surface area contributed by atoms with Gasteiger partial charge in [0.1, 0.15) is 10.8 Å². The first-order valence-corrected chi connectivity index (χ1v) is 14.9. The number of likely N-dealkylation sites (tertiary alicyclic amines) is 1. The van der Waals surface area contributed by atoms with Crippen LogP contribution in [0.15, 0.2) is 35.6 Å². The molecule has 1 aliphatic carbocycles. The van der Waals surface area contributed by atoms with Crippen LogP contribution in [0.5, 0.6) is 5.75 Å². The van der Waals surface area contributed by atoms with Gasteiger partial charge in [-0.2, -0.15) is 10.1 Å². The topological polar surface area (TPSA) is 114 Å². The number of nitrogens with one attached hydrogen (secondary N) is 2. The number of sulfone groups is 1. The first-order chi connectivity index (χ1) is 18.1.